The molecule has 5 rings (SSSR count). The molecule has 2 atom stereocenters. The number of likely N-dealkylation sites (tertiary alicyclic amines) is 1. The summed E-state index contributed by atoms with van der Waals surface area (Å²) >= 11 is 12.9. The van der Waals surface area contributed by atoms with Gasteiger partial charge in [-0.3, -0.25) is 14.4 Å². The van der Waals surface area contributed by atoms with E-state index in [4.69, 9.17) is 37.4 Å². The summed E-state index contributed by atoms with van der Waals surface area (Å²) in [6.45, 7) is -2.26. The third-order valence-electron chi connectivity index (χ3n) is 8.19. The van der Waals surface area contributed by atoms with Crippen molar-refractivity contribution in [3.05, 3.63) is 87.2 Å². The van der Waals surface area contributed by atoms with Crippen molar-refractivity contribution in [1.82, 2.24) is 9.80 Å². The number of H-pyrrole nitrogens is 1. The van der Waals surface area contributed by atoms with Crippen LogP contribution in [0.5, 0.6) is 11.5 Å². The predicted octanol–water partition coefficient (Wildman–Crippen LogP) is 6.42. The minimum absolute atomic E-state index is 0.0786. The first-order chi connectivity index (χ1) is 22.5. The van der Waals surface area contributed by atoms with E-state index in [0.717, 1.165) is 12.8 Å². The minimum atomic E-state index is -3.05. The zero-order chi connectivity index (χ0) is 33.7. The number of hydrogen-bond acceptors (Lipinski definition) is 6. The van der Waals surface area contributed by atoms with E-state index in [1.165, 1.54) is 23.1 Å². The molecular weight excluding hydrogens is 655 g/mol. The first-order valence-corrected chi connectivity index (χ1v) is 16.1. The van der Waals surface area contributed by atoms with Gasteiger partial charge in [0.15, 0.2) is 23.9 Å². The second-order valence-electron chi connectivity index (χ2n) is 11.9. The number of aromatic amines is 1. The van der Waals surface area contributed by atoms with Crippen LogP contribution in [-0.2, 0) is 16.0 Å². The van der Waals surface area contributed by atoms with Gasteiger partial charge in [-0.05, 0) is 67.5 Å². The predicted molar refractivity (Wildman–Crippen MR) is 170 cm³/mol. The summed E-state index contributed by atoms with van der Waals surface area (Å²) in [5.41, 5.74) is 1.72. The van der Waals surface area contributed by atoms with Crippen molar-refractivity contribution in [3.63, 3.8) is 0 Å². The number of carbonyl (C=O) groups is 3. The standard InChI is InChI=1S/C34H35Cl2F2N3O6/c1-40(2)32(43)22-5-3-6-23(13-22)33(44)41-12-4-7-24(41)15-31(42)46-29(16-25-26(35)17-39-18-27(25)36)21-10-11-28(47-34(37)38)30(14-21)45-19-20-8-9-20/h3,5-6,10-11,13-14,17-18,20,24,29,34H,4,7-9,12,15-16,19H2,1-2H3/p+1/t24-,29-/m0/s1. The molecule has 2 aliphatic rings. The van der Waals surface area contributed by atoms with E-state index < -0.39 is 24.7 Å². The van der Waals surface area contributed by atoms with Crippen LogP contribution >= 0.6 is 23.2 Å². The van der Waals surface area contributed by atoms with E-state index in [1.54, 1.807) is 55.7 Å². The number of amides is 2. The van der Waals surface area contributed by atoms with Crippen molar-refractivity contribution < 1.29 is 42.4 Å². The molecule has 0 unspecified atom stereocenters. The summed E-state index contributed by atoms with van der Waals surface area (Å²) in [5.74, 6) is -0.750. The third-order valence-corrected chi connectivity index (χ3v) is 8.86. The van der Waals surface area contributed by atoms with E-state index in [2.05, 4.69) is 4.98 Å². The molecule has 0 bridgehead atoms. The minimum Gasteiger partial charge on any atom is -0.489 e. The van der Waals surface area contributed by atoms with Gasteiger partial charge >= 0.3 is 12.6 Å². The highest BCUT2D eigenvalue weighted by atomic mass is 35.5. The summed E-state index contributed by atoms with van der Waals surface area (Å²) in [5, 5.41) is 0.646. The van der Waals surface area contributed by atoms with Gasteiger partial charge in [0.25, 0.3) is 11.8 Å². The zero-order valence-corrected chi connectivity index (χ0v) is 27.5. The molecule has 1 aliphatic heterocycles. The number of rotatable bonds is 13. The Bertz CT molecular complexity index is 1600. The number of alkyl halides is 2. The van der Waals surface area contributed by atoms with Crippen molar-refractivity contribution in [2.75, 3.05) is 27.2 Å². The molecule has 1 aliphatic carbocycles. The monoisotopic (exact) mass is 690 g/mol. The SMILES string of the molecule is CN(C)C(=O)c1cccc(C(=O)N2CCC[C@H]2CC(=O)O[C@@H](Cc2c(Cl)c[nH+]cc2Cl)c2ccc(OC(F)F)c(OCC3CC3)c2)c1. The maximum Gasteiger partial charge on any atom is 0.387 e. The van der Waals surface area contributed by atoms with Gasteiger partial charge in [0.05, 0.1) is 13.0 Å². The van der Waals surface area contributed by atoms with E-state index in [9.17, 15) is 23.2 Å². The first kappa shape index (κ1) is 34.4. The number of esters is 1. The lowest BCUT2D eigenvalue weighted by molar-refractivity contribution is -0.377. The van der Waals surface area contributed by atoms with Gasteiger partial charge in [0, 0.05) is 49.8 Å². The highest BCUT2D eigenvalue weighted by Gasteiger charge is 2.33. The van der Waals surface area contributed by atoms with Crippen molar-refractivity contribution in [2.24, 2.45) is 5.92 Å². The summed E-state index contributed by atoms with van der Waals surface area (Å²) in [7, 11) is 3.27. The summed E-state index contributed by atoms with van der Waals surface area (Å²) < 4.78 is 42.9. The normalized spacial score (nSPS) is 16.6. The van der Waals surface area contributed by atoms with Crippen LogP contribution in [-0.4, -0.2) is 67.5 Å². The van der Waals surface area contributed by atoms with Crippen LogP contribution in [0.1, 0.15) is 70.1 Å². The topological polar surface area (TPSA) is 99.5 Å². The van der Waals surface area contributed by atoms with E-state index >= 15 is 0 Å². The van der Waals surface area contributed by atoms with Crippen molar-refractivity contribution in [2.45, 2.75) is 57.3 Å². The highest BCUT2D eigenvalue weighted by molar-refractivity contribution is 6.35. The van der Waals surface area contributed by atoms with E-state index in [-0.39, 0.29) is 36.2 Å². The molecule has 2 aromatic carbocycles. The number of nitrogens with one attached hydrogen (secondary N) is 1. The van der Waals surface area contributed by atoms with Crippen LogP contribution in [0.2, 0.25) is 10.0 Å². The molecule has 1 saturated heterocycles. The molecule has 13 heteroatoms. The van der Waals surface area contributed by atoms with Crippen LogP contribution in [0.25, 0.3) is 0 Å². The second-order valence-corrected chi connectivity index (χ2v) is 12.7. The molecule has 0 radical (unpaired) electrons. The molecule has 250 valence electrons. The van der Waals surface area contributed by atoms with Crippen molar-refractivity contribution >= 4 is 41.0 Å². The third kappa shape index (κ3) is 8.90. The van der Waals surface area contributed by atoms with Crippen molar-refractivity contribution in [1.29, 1.82) is 0 Å². The van der Waals surface area contributed by atoms with Crippen LogP contribution in [0.15, 0.2) is 54.9 Å². The number of aromatic nitrogens is 1. The number of benzene rings is 2. The second kappa shape index (κ2) is 15.3. The molecular formula is C34H36Cl2F2N3O6+. The molecule has 3 aromatic rings. The van der Waals surface area contributed by atoms with Gasteiger partial charge < -0.3 is 24.0 Å². The maximum absolute atomic E-state index is 13.5. The smallest absolute Gasteiger partial charge is 0.387 e. The lowest BCUT2D eigenvalue weighted by Gasteiger charge is -2.26. The molecule has 2 fully saturated rings. The molecule has 2 heterocycles. The lowest BCUT2D eigenvalue weighted by Crippen LogP contribution is -2.37. The fraction of sp³-hybridized carbons (Fsp3) is 0.412. The Morgan fingerprint density at radius 2 is 1.72 bits per heavy atom. The Balaban J connectivity index is 1.37. The highest BCUT2D eigenvalue weighted by Crippen LogP contribution is 2.38. The van der Waals surface area contributed by atoms with Crippen LogP contribution in [0.3, 0.4) is 0 Å². The Morgan fingerprint density at radius 1 is 1.00 bits per heavy atom. The lowest BCUT2D eigenvalue weighted by atomic mass is 10.0. The van der Waals surface area contributed by atoms with Gasteiger partial charge in [-0.2, -0.15) is 8.78 Å². The van der Waals surface area contributed by atoms with E-state index in [1.807, 2.05) is 0 Å². The van der Waals surface area contributed by atoms with E-state index in [0.29, 0.717) is 64.2 Å². The average Bonchev–Trinajstić information content (AvgIpc) is 3.76. The number of hydrogen-bond donors (Lipinski definition) is 0. The number of pyridine rings is 1. The molecule has 1 N–H and O–H groups in total. The Morgan fingerprint density at radius 3 is 2.40 bits per heavy atom. The molecule has 2 amide bonds. The first-order valence-electron chi connectivity index (χ1n) is 15.4. The van der Waals surface area contributed by atoms with Gasteiger partial charge in [-0.25, -0.2) is 4.98 Å². The Labute approximate surface area is 281 Å². The largest absolute Gasteiger partial charge is 0.489 e. The quantitative estimate of drug-likeness (QED) is 0.192. The Hall–Kier alpha value is -3.96. The zero-order valence-electron chi connectivity index (χ0n) is 26.0. The molecule has 1 aromatic heterocycles. The fourth-order valence-electron chi connectivity index (χ4n) is 5.53. The summed E-state index contributed by atoms with van der Waals surface area (Å²) in [4.78, 5) is 45.5. The van der Waals surface area contributed by atoms with Gasteiger partial charge in [0.1, 0.15) is 16.1 Å². The molecule has 0 spiro atoms. The molecule has 1 saturated carbocycles. The average molecular weight is 692 g/mol. The number of halogens is 4. The number of nitrogens with zero attached hydrogens (tertiary/aromatic N) is 2. The fourth-order valence-corrected chi connectivity index (χ4v) is 6.06. The Kier molecular flexibility index (Phi) is 11.2. The molecule has 47 heavy (non-hydrogen) atoms. The van der Waals surface area contributed by atoms with Crippen LogP contribution in [0, 0.1) is 5.92 Å². The summed E-state index contributed by atoms with van der Waals surface area (Å²) in [6.07, 6.45) is 5.44. The van der Waals surface area contributed by atoms with Crippen LogP contribution in [0.4, 0.5) is 8.78 Å². The van der Waals surface area contributed by atoms with Gasteiger partial charge in [-0.15, -0.1) is 0 Å². The van der Waals surface area contributed by atoms with Gasteiger partial charge in [0.2, 0.25) is 0 Å². The summed E-state index contributed by atoms with van der Waals surface area (Å²) in [6, 6.07) is 10.5. The number of ether oxygens (including phenoxy) is 3. The van der Waals surface area contributed by atoms with Crippen LogP contribution < -0.4 is 14.5 Å². The van der Waals surface area contributed by atoms with Gasteiger partial charge in [-0.1, -0.05) is 35.3 Å². The molecule has 9 nitrogen and oxygen atoms in total. The van der Waals surface area contributed by atoms with Crippen molar-refractivity contribution in [3.8, 4) is 11.5 Å². The maximum atomic E-state index is 13.5. The number of carbonyl (C=O) groups excluding carboxylic acids is 3.